The van der Waals surface area contributed by atoms with Gasteiger partial charge in [-0.05, 0) is 72.2 Å². The van der Waals surface area contributed by atoms with Gasteiger partial charge in [0.25, 0.3) is 0 Å². The summed E-state index contributed by atoms with van der Waals surface area (Å²) in [7, 11) is 0. The van der Waals surface area contributed by atoms with Gasteiger partial charge in [-0.2, -0.15) is 0 Å². The predicted molar refractivity (Wildman–Crippen MR) is 142 cm³/mol. The molecule has 2 aromatic rings. The van der Waals surface area contributed by atoms with Gasteiger partial charge in [0.15, 0.2) is 6.10 Å². The number of hydrogen-bond donors (Lipinski definition) is 1. The smallest absolute Gasteiger partial charge is 0.303 e. The summed E-state index contributed by atoms with van der Waals surface area (Å²) < 4.78 is 18.8. The lowest BCUT2D eigenvalue weighted by Crippen LogP contribution is -2.52. The van der Waals surface area contributed by atoms with E-state index in [0.29, 0.717) is 18.4 Å². The van der Waals surface area contributed by atoms with Gasteiger partial charge in [0.05, 0.1) is 6.10 Å². The lowest BCUT2D eigenvalue weighted by Gasteiger charge is -2.44. The van der Waals surface area contributed by atoms with E-state index in [1.807, 2.05) is 26.0 Å². The molecule has 1 fully saturated rings. The van der Waals surface area contributed by atoms with Crippen molar-refractivity contribution in [3.8, 4) is 5.75 Å². The van der Waals surface area contributed by atoms with Crippen LogP contribution in [0.25, 0.3) is 0 Å². The average Bonchev–Trinajstić information content (AvgIpc) is 2.78. The molecule has 1 N–H and O–H groups in total. The van der Waals surface area contributed by atoms with Gasteiger partial charge >= 0.3 is 11.9 Å². The number of benzene rings is 2. The molecular weight excluding hydrogens is 524 g/mol. The summed E-state index contributed by atoms with van der Waals surface area (Å²) in [5, 5.41) is 11.2. The van der Waals surface area contributed by atoms with Crippen molar-refractivity contribution in [1.82, 2.24) is 0 Å². The van der Waals surface area contributed by atoms with Crippen LogP contribution in [0.3, 0.4) is 0 Å². The zero-order valence-corrected chi connectivity index (χ0v) is 23.7. The molecule has 0 saturated carbocycles. The second-order valence-corrected chi connectivity index (χ2v) is 10.9. The summed E-state index contributed by atoms with van der Waals surface area (Å²) in [4.78, 5) is 24.1. The first-order chi connectivity index (χ1) is 16.9. The number of phenols is 1. The fourth-order valence-corrected chi connectivity index (χ4v) is 5.60. The molecule has 0 radical (unpaired) electrons. The third-order valence-electron chi connectivity index (χ3n) is 6.96. The van der Waals surface area contributed by atoms with Crippen LogP contribution in [0.1, 0.15) is 87.8 Å². The fourth-order valence-electron chi connectivity index (χ4n) is 5.13. The average molecular weight is 562 g/mol. The Morgan fingerprint density at radius 3 is 2.25 bits per heavy atom. The van der Waals surface area contributed by atoms with Crippen LogP contribution in [-0.4, -0.2) is 35.4 Å². The molecular formula is C29H37BrO6. The summed E-state index contributed by atoms with van der Waals surface area (Å²) in [6.45, 7) is 12.9. The number of aromatic hydroxyl groups is 1. The minimum Gasteiger partial charge on any atom is -0.508 e. The zero-order chi connectivity index (χ0) is 26.7. The summed E-state index contributed by atoms with van der Waals surface area (Å²) >= 11 is 3.53. The second kappa shape index (κ2) is 11.8. The number of esters is 2. The Morgan fingerprint density at radius 1 is 1.06 bits per heavy atom. The van der Waals surface area contributed by atoms with Crippen LogP contribution >= 0.6 is 15.9 Å². The maximum Gasteiger partial charge on any atom is 0.303 e. The van der Waals surface area contributed by atoms with Crippen molar-refractivity contribution in [2.45, 2.75) is 91.6 Å². The van der Waals surface area contributed by atoms with Gasteiger partial charge in [-0.3, -0.25) is 9.59 Å². The van der Waals surface area contributed by atoms with E-state index >= 15 is 0 Å². The maximum absolute atomic E-state index is 12.1. The summed E-state index contributed by atoms with van der Waals surface area (Å²) in [6, 6.07) is 9.96. The van der Waals surface area contributed by atoms with Crippen LogP contribution in [0.15, 0.2) is 34.8 Å². The fraction of sp³-hybridized carbons (Fsp3) is 0.517. The standard InChI is InChI=1S/C29H37BrO6/c1-8-26-17(5)27(34-18(6)31)29(35-19(7)32)28(36-26)24-13-21(23(15(2)3)14-25(24)33)12-20-9-10-22(30)11-16(20)4/h9-11,13-15,17,26-29,33H,8,12H2,1-7H3/t17-,26-,27+,28+,29-/m1/s1. The normalized spacial score (nSPS) is 24.0. The van der Waals surface area contributed by atoms with Crippen LogP contribution in [-0.2, 0) is 30.2 Å². The summed E-state index contributed by atoms with van der Waals surface area (Å²) in [6.07, 6.45) is -1.26. The molecule has 0 aliphatic carbocycles. The Hall–Kier alpha value is -2.38. The van der Waals surface area contributed by atoms with E-state index in [4.69, 9.17) is 14.2 Å². The molecule has 1 aliphatic heterocycles. The van der Waals surface area contributed by atoms with Crippen molar-refractivity contribution >= 4 is 27.9 Å². The van der Waals surface area contributed by atoms with Crippen LogP contribution in [0.2, 0.25) is 0 Å². The third kappa shape index (κ3) is 6.30. The number of carbonyl (C=O) groups is 2. The van der Waals surface area contributed by atoms with E-state index in [-0.39, 0.29) is 23.7 Å². The van der Waals surface area contributed by atoms with Gasteiger partial charge in [-0.15, -0.1) is 0 Å². The topological polar surface area (TPSA) is 82.1 Å². The Labute approximate surface area is 222 Å². The highest BCUT2D eigenvalue weighted by Gasteiger charge is 2.48. The molecule has 1 aliphatic rings. The van der Waals surface area contributed by atoms with Crippen molar-refractivity contribution < 1.29 is 28.9 Å². The Morgan fingerprint density at radius 2 is 1.69 bits per heavy atom. The minimum absolute atomic E-state index is 0.0723. The molecule has 5 atom stereocenters. The molecule has 0 spiro atoms. The quantitative estimate of drug-likeness (QED) is 0.388. The highest BCUT2D eigenvalue weighted by molar-refractivity contribution is 9.10. The van der Waals surface area contributed by atoms with Gasteiger partial charge in [0.1, 0.15) is 18.0 Å². The lowest BCUT2D eigenvalue weighted by atomic mass is 9.82. The maximum atomic E-state index is 12.1. The molecule has 1 heterocycles. The molecule has 36 heavy (non-hydrogen) atoms. The van der Waals surface area contributed by atoms with Gasteiger partial charge in [-0.25, -0.2) is 0 Å². The molecule has 196 valence electrons. The number of rotatable bonds is 7. The molecule has 0 aromatic heterocycles. The monoisotopic (exact) mass is 560 g/mol. The number of phenolic OH excluding ortho intramolecular Hbond substituents is 1. The molecule has 0 amide bonds. The van der Waals surface area contributed by atoms with E-state index in [1.54, 1.807) is 6.07 Å². The number of aryl methyl sites for hydroxylation is 1. The number of halogens is 1. The summed E-state index contributed by atoms with van der Waals surface area (Å²) in [5.41, 5.74) is 4.96. The Bertz CT molecular complexity index is 1110. The molecule has 3 rings (SSSR count). The zero-order valence-electron chi connectivity index (χ0n) is 22.1. The van der Waals surface area contributed by atoms with Crippen molar-refractivity contribution in [2.24, 2.45) is 5.92 Å². The highest BCUT2D eigenvalue weighted by atomic mass is 79.9. The molecule has 6 nitrogen and oxygen atoms in total. The molecule has 7 heteroatoms. The highest BCUT2D eigenvalue weighted by Crippen LogP contribution is 2.44. The molecule has 0 bridgehead atoms. The van der Waals surface area contributed by atoms with Gasteiger partial charge in [0, 0.05) is 29.8 Å². The van der Waals surface area contributed by atoms with E-state index in [1.165, 1.54) is 19.4 Å². The number of carbonyl (C=O) groups excluding carboxylic acids is 2. The van der Waals surface area contributed by atoms with E-state index in [2.05, 4.69) is 48.8 Å². The van der Waals surface area contributed by atoms with Crippen molar-refractivity contribution in [1.29, 1.82) is 0 Å². The largest absolute Gasteiger partial charge is 0.508 e. The molecule has 1 saturated heterocycles. The summed E-state index contributed by atoms with van der Waals surface area (Å²) in [5.74, 6) is -0.892. The Balaban J connectivity index is 2.14. The minimum atomic E-state index is -0.887. The van der Waals surface area contributed by atoms with Gasteiger partial charge in [0.2, 0.25) is 0 Å². The Kier molecular flexibility index (Phi) is 9.23. The third-order valence-corrected chi connectivity index (χ3v) is 7.45. The first-order valence-corrected chi connectivity index (χ1v) is 13.3. The van der Waals surface area contributed by atoms with Crippen molar-refractivity contribution in [3.05, 3.63) is 62.6 Å². The van der Waals surface area contributed by atoms with Crippen LogP contribution < -0.4 is 0 Å². The van der Waals surface area contributed by atoms with Crippen LogP contribution in [0.4, 0.5) is 0 Å². The van der Waals surface area contributed by atoms with Crippen LogP contribution in [0.5, 0.6) is 5.75 Å². The second-order valence-electron chi connectivity index (χ2n) is 10.0. The van der Waals surface area contributed by atoms with Crippen molar-refractivity contribution in [3.63, 3.8) is 0 Å². The van der Waals surface area contributed by atoms with E-state index in [0.717, 1.165) is 21.2 Å². The predicted octanol–water partition coefficient (Wildman–Crippen LogP) is 6.53. The van der Waals surface area contributed by atoms with Crippen LogP contribution in [0, 0.1) is 12.8 Å². The van der Waals surface area contributed by atoms with Crippen molar-refractivity contribution in [2.75, 3.05) is 0 Å². The number of hydrogen-bond acceptors (Lipinski definition) is 6. The number of ether oxygens (including phenoxy) is 3. The molecule has 2 aromatic carbocycles. The van der Waals surface area contributed by atoms with E-state index < -0.39 is 30.3 Å². The lowest BCUT2D eigenvalue weighted by molar-refractivity contribution is -0.225. The van der Waals surface area contributed by atoms with E-state index in [9.17, 15) is 14.7 Å². The SMILES string of the molecule is CC[C@H]1O[C@@H](c2cc(Cc3ccc(Br)cc3C)c(C(C)C)cc2O)[C@H](OC(C)=O)[C@@H](OC(C)=O)[C@@H]1C. The van der Waals surface area contributed by atoms with Gasteiger partial charge in [-0.1, -0.05) is 49.7 Å². The van der Waals surface area contributed by atoms with Gasteiger partial charge < -0.3 is 19.3 Å². The first-order valence-electron chi connectivity index (χ1n) is 12.5. The molecule has 0 unspecified atom stereocenters. The first kappa shape index (κ1) is 28.2.